The molecule has 2 nitrogen and oxygen atoms in total. The largest absolute Gasteiger partial charge is 0.326 e. The lowest BCUT2D eigenvalue weighted by Gasteiger charge is -2.07. The summed E-state index contributed by atoms with van der Waals surface area (Å²) in [6.45, 7) is 1.12. The van der Waals surface area contributed by atoms with Crippen LogP contribution in [0.3, 0.4) is 0 Å². The summed E-state index contributed by atoms with van der Waals surface area (Å²) in [5, 5.41) is 0. The van der Waals surface area contributed by atoms with E-state index in [1.807, 2.05) is 24.3 Å². The summed E-state index contributed by atoms with van der Waals surface area (Å²) in [4.78, 5) is 0. The van der Waals surface area contributed by atoms with Crippen LogP contribution in [0.5, 0.6) is 0 Å². The molecule has 0 saturated carbocycles. The van der Waals surface area contributed by atoms with Crippen LogP contribution in [0.15, 0.2) is 48.5 Å². The van der Waals surface area contributed by atoms with Crippen LogP contribution in [-0.4, -0.2) is 0 Å². The highest BCUT2D eigenvalue weighted by atomic mass is 79.9. The van der Waals surface area contributed by atoms with Gasteiger partial charge in [0.15, 0.2) is 0 Å². The van der Waals surface area contributed by atoms with Crippen molar-refractivity contribution in [3.8, 4) is 0 Å². The molecule has 0 bridgehead atoms. The van der Waals surface area contributed by atoms with E-state index >= 15 is 0 Å². The number of nitrogens with two attached hydrogens (primary N) is 2. The van der Waals surface area contributed by atoms with Gasteiger partial charge in [0.1, 0.15) is 0 Å². The molecule has 0 heterocycles. The molecular weight excluding hydrogens is 380 g/mol. The van der Waals surface area contributed by atoms with Crippen LogP contribution in [0.4, 0.5) is 0 Å². The first-order valence-corrected chi connectivity index (χ1v) is 7.88. The molecule has 0 fully saturated rings. The smallest absolute Gasteiger partial charge is 0.0395 e. The van der Waals surface area contributed by atoms with E-state index in [-0.39, 0.29) is 0 Å². The lowest BCUT2D eigenvalue weighted by Crippen LogP contribution is -1.96. The predicted molar refractivity (Wildman–Crippen MR) is 93.3 cm³/mol. The van der Waals surface area contributed by atoms with Crippen molar-refractivity contribution in [2.24, 2.45) is 11.5 Å². The van der Waals surface area contributed by atoms with E-state index in [0.717, 1.165) is 31.2 Å². The molecule has 0 aliphatic rings. The van der Waals surface area contributed by atoms with Gasteiger partial charge in [-0.15, -0.1) is 0 Å². The minimum atomic E-state index is 0.559. The maximum Gasteiger partial charge on any atom is 0.0395 e. The molecule has 2 aromatic carbocycles. The van der Waals surface area contributed by atoms with Gasteiger partial charge >= 0.3 is 0 Å². The zero-order chi connectivity index (χ0) is 14.5. The summed E-state index contributed by atoms with van der Waals surface area (Å²) in [6.07, 6.45) is 0. The summed E-state index contributed by atoms with van der Waals surface area (Å²) in [5.74, 6) is 0. The fourth-order valence-electron chi connectivity index (χ4n) is 1.83. The number of hydrogen-bond donors (Lipinski definition) is 2. The molecule has 2 rings (SSSR count). The Bertz CT molecular complexity index is 546. The minimum absolute atomic E-state index is 0.559. The highest BCUT2D eigenvalue weighted by Crippen LogP contribution is 2.35. The highest BCUT2D eigenvalue weighted by molar-refractivity contribution is 9.18. The molecule has 2 aromatic rings. The van der Waals surface area contributed by atoms with Crippen molar-refractivity contribution in [1.82, 2.24) is 0 Å². The zero-order valence-corrected chi connectivity index (χ0v) is 14.1. The van der Waals surface area contributed by atoms with Gasteiger partial charge in [0.25, 0.3) is 0 Å². The first-order valence-electron chi connectivity index (χ1n) is 6.29. The predicted octanol–water partition coefficient (Wildman–Crippen LogP) is 4.22. The summed E-state index contributed by atoms with van der Waals surface area (Å²) in [5.41, 5.74) is 15.7. The summed E-state index contributed by atoms with van der Waals surface area (Å²) < 4.78 is 2.03. The number of halogens is 2. The summed E-state index contributed by atoms with van der Waals surface area (Å²) in [7, 11) is 0. The van der Waals surface area contributed by atoms with E-state index in [1.54, 1.807) is 0 Å². The number of hydrogen-bond acceptors (Lipinski definition) is 2. The fraction of sp³-hybridized carbons (Fsp3) is 0.125. The maximum atomic E-state index is 5.61. The molecule has 0 aliphatic carbocycles. The third kappa shape index (κ3) is 3.58. The van der Waals surface area contributed by atoms with E-state index in [0.29, 0.717) is 13.1 Å². The SMILES string of the molecule is NCc1ccc(/C(Br)=C(\Br)c2ccc(CN)cc2)cc1. The van der Waals surface area contributed by atoms with Crippen molar-refractivity contribution >= 4 is 40.8 Å². The van der Waals surface area contributed by atoms with Crippen LogP contribution in [0.2, 0.25) is 0 Å². The molecule has 104 valence electrons. The Balaban J connectivity index is 2.32. The molecule has 4 N–H and O–H groups in total. The van der Waals surface area contributed by atoms with Gasteiger partial charge in [-0.1, -0.05) is 48.5 Å². The molecule has 0 aromatic heterocycles. The standard InChI is InChI=1S/C16H16Br2N2/c17-15(13-5-1-11(9-19)2-6-13)16(18)14-7-3-12(10-20)4-8-14/h1-8H,9-10,19-20H2/b16-15+. The molecule has 0 atom stereocenters. The number of benzene rings is 2. The maximum absolute atomic E-state index is 5.61. The molecule has 0 spiro atoms. The average molecular weight is 396 g/mol. The fourth-order valence-corrected chi connectivity index (χ4v) is 2.81. The van der Waals surface area contributed by atoms with Gasteiger partial charge in [-0.3, -0.25) is 0 Å². The summed E-state index contributed by atoms with van der Waals surface area (Å²) in [6, 6.07) is 16.4. The van der Waals surface area contributed by atoms with Gasteiger partial charge in [0, 0.05) is 22.1 Å². The van der Waals surface area contributed by atoms with Gasteiger partial charge in [-0.05, 0) is 54.1 Å². The zero-order valence-electron chi connectivity index (χ0n) is 10.9. The third-order valence-electron chi connectivity index (χ3n) is 3.08. The second-order valence-corrected chi connectivity index (χ2v) is 6.02. The van der Waals surface area contributed by atoms with Gasteiger partial charge in [-0.2, -0.15) is 0 Å². The van der Waals surface area contributed by atoms with Crippen molar-refractivity contribution in [2.75, 3.05) is 0 Å². The van der Waals surface area contributed by atoms with Crippen molar-refractivity contribution in [1.29, 1.82) is 0 Å². The second-order valence-electron chi connectivity index (χ2n) is 4.43. The lowest BCUT2D eigenvalue weighted by molar-refractivity contribution is 1.07. The molecule has 0 unspecified atom stereocenters. The minimum Gasteiger partial charge on any atom is -0.326 e. The Morgan fingerprint density at radius 1 is 0.650 bits per heavy atom. The quantitative estimate of drug-likeness (QED) is 0.761. The van der Waals surface area contributed by atoms with Crippen LogP contribution >= 0.6 is 31.9 Å². The Hall–Kier alpha value is -0.940. The molecule has 4 heteroatoms. The van der Waals surface area contributed by atoms with Crippen molar-refractivity contribution in [3.63, 3.8) is 0 Å². The average Bonchev–Trinajstić information content (AvgIpc) is 2.53. The first kappa shape index (κ1) is 15.4. The molecular formula is C16H16Br2N2. The second kappa shape index (κ2) is 7.18. The van der Waals surface area contributed by atoms with Crippen LogP contribution < -0.4 is 11.5 Å². The van der Waals surface area contributed by atoms with Crippen LogP contribution in [0.1, 0.15) is 22.3 Å². The molecule has 0 amide bonds. The van der Waals surface area contributed by atoms with Crippen molar-refractivity contribution < 1.29 is 0 Å². The third-order valence-corrected chi connectivity index (χ3v) is 5.32. The van der Waals surface area contributed by atoms with Crippen LogP contribution in [0, 0.1) is 0 Å². The van der Waals surface area contributed by atoms with Gasteiger partial charge in [-0.25, -0.2) is 0 Å². The van der Waals surface area contributed by atoms with E-state index in [4.69, 9.17) is 11.5 Å². The van der Waals surface area contributed by atoms with Crippen molar-refractivity contribution in [2.45, 2.75) is 13.1 Å². The van der Waals surface area contributed by atoms with Gasteiger partial charge < -0.3 is 11.5 Å². The molecule has 0 aliphatic heterocycles. The Morgan fingerprint density at radius 3 is 1.20 bits per heavy atom. The topological polar surface area (TPSA) is 52.0 Å². The number of rotatable bonds is 4. The Labute approximate surface area is 136 Å². The van der Waals surface area contributed by atoms with E-state index in [1.165, 1.54) is 0 Å². The van der Waals surface area contributed by atoms with Crippen LogP contribution in [-0.2, 0) is 13.1 Å². The van der Waals surface area contributed by atoms with Crippen molar-refractivity contribution in [3.05, 3.63) is 70.8 Å². The molecule has 0 radical (unpaired) electrons. The molecule has 0 saturated heterocycles. The monoisotopic (exact) mass is 394 g/mol. The first-order chi connectivity index (χ1) is 9.65. The van der Waals surface area contributed by atoms with Gasteiger partial charge in [0.2, 0.25) is 0 Å². The Morgan fingerprint density at radius 2 is 0.950 bits per heavy atom. The van der Waals surface area contributed by atoms with E-state index < -0.39 is 0 Å². The summed E-state index contributed by atoms with van der Waals surface area (Å²) >= 11 is 7.29. The normalized spacial score (nSPS) is 12.2. The lowest BCUT2D eigenvalue weighted by atomic mass is 10.1. The highest BCUT2D eigenvalue weighted by Gasteiger charge is 2.06. The van der Waals surface area contributed by atoms with Crippen LogP contribution in [0.25, 0.3) is 8.96 Å². The van der Waals surface area contributed by atoms with E-state index in [2.05, 4.69) is 56.1 Å². The Kier molecular flexibility index (Phi) is 5.54. The van der Waals surface area contributed by atoms with Gasteiger partial charge in [0.05, 0.1) is 0 Å². The van der Waals surface area contributed by atoms with E-state index in [9.17, 15) is 0 Å². The molecule has 20 heavy (non-hydrogen) atoms.